The van der Waals surface area contributed by atoms with Crippen molar-refractivity contribution in [2.45, 2.75) is 44.3 Å². The maximum atomic E-state index is 12.9. The highest BCUT2D eigenvalue weighted by molar-refractivity contribution is 7.99. The smallest absolute Gasteiger partial charge is 0.209 e. The van der Waals surface area contributed by atoms with E-state index in [9.17, 15) is 4.79 Å². The number of Topliss-reactive ketones (excluding diaryl/α,β-unsaturated/α-hetero) is 1. The summed E-state index contributed by atoms with van der Waals surface area (Å²) in [7, 11) is 1.69. The third-order valence-electron chi connectivity index (χ3n) is 5.28. The Morgan fingerprint density at radius 3 is 2.69 bits per heavy atom. The number of benzene rings is 1. The zero-order valence-corrected chi connectivity index (χ0v) is 17.9. The summed E-state index contributed by atoms with van der Waals surface area (Å²) in [4.78, 5) is 17.6. The third-order valence-corrected chi connectivity index (χ3v) is 6.12. The van der Waals surface area contributed by atoms with Gasteiger partial charge in [0.15, 0.2) is 5.78 Å². The minimum atomic E-state index is 0.107. The van der Waals surface area contributed by atoms with Crippen molar-refractivity contribution in [3.63, 3.8) is 0 Å². The van der Waals surface area contributed by atoms with Crippen LogP contribution in [0.15, 0.2) is 41.6 Å². The Morgan fingerprint density at radius 2 is 2.00 bits per heavy atom. The van der Waals surface area contributed by atoms with E-state index < -0.39 is 0 Å². The van der Waals surface area contributed by atoms with Gasteiger partial charge in [0.1, 0.15) is 5.82 Å². The van der Waals surface area contributed by atoms with E-state index in [-0.39, 0.29) is 5.78 Å². The van der Waals surface area contributed by atoms with Crippen molar-refractivity contribution in [2.75, 3.05) is 19.5 Å². The molecule has 2 heterocycles. The third kappa shape index (κ3) is 4.31. The molecular weight excluding hydrogens is 384 g/mol. The number of carbonyl (C=O) groups is 1. The molecule has 0 bridgehead atoms. The number of methoxy groups -OCH3 is 1. The largest absolute Gasteiger partial charge is 0.383 e. The molecule has 1 aliphatic carbocycles. The van der Waals surface area contributed by atoms with Crippen molar-refractivity contribution in [1.82, 2.24) is 19.3 Å². The average molecular weight is 411 g/mol. The van der Waals surface area contributed by atoms with E-state index in [2.05, 4.69) is 9.67 Å². The van der Waals surface area contributed by atoms with Crippen molar-refractivity contribution in [3.05, 3.63) is 59.2 Å². The lowest BCUT2D eigenvalue weighted by Gasteiger charge is -2.08. The second-order valence-electron chi connectivity index (χ2n) is 7.42. The van der Waals surface area contributed by atoms with Crippen LogP contribution < -0.4 is 0 Å². The fourth-order valence-corrected chi connectivity index (χ4v) is 4.26. The predicted molar refractivity (Wildman–Crippen MR) is 114 cm³/mol. The van der Waals surface area contributed by atoms with Crippen LogP contribution in [0.2, 0.25) is 0 Å². The molecule has 29 heavy (non-hydrogen) atoms. The molecule has 3 aromatic rings. The summed E-state index contributed by atoms with van der Waals surface area (Å²) in [6.45, 7) is 5.40. The molecule has 0 amide bonds. The van der Waals surface area contributed by atoms with Gasteiger partial charge in [-0.3, -0.25) is 4.79 Å². The maximum Gasteiger partial charge on any atom is 0.209 e. The van der Waals surface area contributed by atoms with Crippen LogP contribution in [-0.4, -0.2) is 44.6 Å². The van der Waals surface area contributed by atoms with E-state index in [1.807, 2.05) is 54.9 Å². The quantitative estimate of drug-likeness (QED) is 0.391. The van der Waals surface area contributed by atoms with E-state index in [1.165, 1.54) is 11.8 Å². The van der Waals surface area contributed by atoms with Gasteiger partial charge < -0.3 is 9.30 Å². The summed E-state index contributed by atoms with van der Waals surface area (Å²) in [5, 5.41) is 5.35. The summed E-state index contributed by atoms with van der Waals surface area (Å²) >= 11 is 1.41. The lowest BCUT2D eigenvalue weighted by atomic mass is 10.2. The van der Waals surface area contributed by atoms with Crippen LogP contribution in [0.3, 0.4) is 0 Å². The van der Waals surface area contributed by atoms with Gasteiger partial charge >= 0.3 is 0 Å². The SMILES string of the molecule is COCCn1c(C)cc(C(=O)CSc2nc(C3CC3)n(-c3ccccc3)n2)c1C. The molecule has 1 fully saturated rings. The Morgan fingerprint density at radius 1 is 1.24 bits per heavy atom. The summed E-state index contributed by atoms with van der Waals surface area (Å²) < 4.78 is 9.24. The molecule has 7 heteroatoms. The second kappa shape index (κ2) is 8.55. The molecule has 0 N–H and O–H groups in total. The fraction of sp³-hybridized carbons (Fsp3) is 0.409. The molecule has 0 atom stereocenters. The normalized spacial score (nSPS) is 13.8. The maximum absolute atomic E-state index is 12.9. The van der Waals surface area contributed by atoms with Crippen LogP contribution in [0.5, 0.6) is 0 Å². The summed E-state index contributed by atoms with van der Waals surface area (Å²) in [6.07, 6.45) is 2.31. The first kappa shape index (κ1) is 19.9. The highest BCUT2D eigenvalue weighted by Gasteiger charge is 2.30. The molecule has 2 aromatic heterocycles. The lowest BCUT2D eigenvalue weighted by Crippen LogP contribution is -2.09. The Labute approximate surface area is 175 Å². The minimum absolute atomic E-state index is 0.107. The van der Waals surface area contributed by atoms with E-state index in [0.717, 1.165) is 47.8 Å². The molecule has 0 radical (unpaired) electrons. The van der Waals surface area contributed by atoms with Crippen molar-refractivity contribution in [3.8, 4) is 5.69 Å². The van der Waals surface area contributed by atoms with Crippen LogP contribution in [-0.2, 0) is 11.3 Å². The van der Waals surface area contributed by atoms with Gasteiger partial charge in [-0.05, 0) is 44.9 Å². The van der Waals surface area contributed by atoms with E-state index in [4.69, 9.17) is 9.72 Å². The zero-order chi connectivity index (χ0) is 20.4. The van der Waals surface area contributed by atoms with Gasteiger partial charge in [0, 0.05) is 36.5 Å². The van der Waals surface area contributed by atoms with E-state index in [1.54, 1.807) is 7.11 Å². The highest BCUT2D eigenvalue weighted by atomic mass is 32.2. The van der Waals surface area contributed by atoms with Crippen molar-refractivity contribution in [2.24, 2.45) is 0 Å². The molecule has 0 saturated heterocycles. The Hall–Kier alpha value is -2.38. The predicted octanol–water partition coefficient (Wildman–Crippen LogP) is 4.18. The fourth-order valence-electron chi connectivity index (χ4n) is 3.55. The summed E-state index contributed by atoms with van der Waals surface area (Å²) in [5.41, 5.74) is 3.86. The van der Waals surface area contributed by atoms with Gasteiger partial charge in [0.2, 0.25) is 5.16 Å². The summed E-state index contributed by atoms with van der Waals surface area (Å²) in [5.74, 6) is 1.92. The Kier molecular flexibility index (Phi) is 5.87. The van der Waals surface area contributed by atoms with Gasteiger partial charge in [-0.25, -0.2) is 9.67 Å². The number of para-hydroxylation sites is 1. The molecule has 0 spiro atoms. The van der Waals surface area contributed by atoms with Crippen LogP contribution in [0.4, 0.5) is 0 Å². The number of hydrogen-bond donors (Lipinski definition) is 0. The molecule has 1 saturated carbocycles. The first-order chi connectivity index (χ1) is 14.1. The number of ether oxygens (including phenoxy) is 1. The molecule has 6 nitrogen and oxygen atoms in total. The Bertz CT molecular complexity index is 1010. The van der Waals surface area contributed by atoms with Crippen molar-refractivity contribution < 1.29 is 9.53 Å². The molecular formula is C22H26N4O2S. The Balaban J connectivity index is 1.49. The standard InChI is InChI=1S/C22H26N4O2S/c1-15-13-19(16(2)25(15)11-12-28-3)20(27)14-29-22-23-21(17-9-10-17)26(24-22)18-7-5-4-6-8-18/h4-8,13,17H,9-12,14H2,1-3H3. The topological polar surface area (TPSA) is 61.9 Å². The molecule has 0 unspecified atom stereocenters. The minimum Gasteiger partial charge on any atom is -0.383 e. The van der Waals surface area contributed by atoms with Crippen LogP contribution in [0, 0.1) is 13.8 Å². The molecule has 1 aliphatic rings. The van der Waals surface area contributed by atoms with Crippen molar-refractivity contribution in [1.29, 1.82) is 0 Å². The molecule has 1 aromatic carbocycles. The van der Waals surface area contributed by atoms with E-state index >= 15 is 0 Å². The average Bonchev–Trinajstić information content (AvgIpc) is 3.43. The molecule has 4 rings (SSSR count). The number of thioether (sulfide) groups is 1. The number of rotatable bonds is 9. The van der Waals surface area contributed by atoms with Gasteiger partial charge in [-0.2, -0.15) is 0 Å². The molecule has 0 aliphatic heterocycles. The number of aryl methyl sites for hydroxylation is 1. The number of nitrogens with zero attached hydrogens (tertiary/aromatic N) is 4. The van der Waals surface area contributed by atoms with Gasteiger partial charge in [0.05, 0.1) is 18.0 Å². The monoisotopic (exact) mass is 410 g/mol. The van der Waals surface area contributed by atoms with Crippen LogP contribution in [0.1, 0.15) is 46.3 Å². The van der Waals surface area contributed by atoms with Gasteiger partial charge in [-0.1, -0.05) is 30.0 Å². The van der Waals surface area contributed by atoms with Gasteiger partial charge in [-0.15, -0.1) is 5.10 Å². The molecule has 152 valence electrons. The lowest BCUT2D eigenvalue weighted by molar-refractivity contribution is 0.102. The first-order valence-corrected chi connectivity index (χ1v) is 10.9. The number of hydrogen-bond acceptors (Lipinski definition) is 5. The summed E-state index contributed by atoms with van der Waals surface area (Å²) in [6, 6.07) is 12.0. The van der Waals surface area contributed by atoms with Crippen LogP contribution in [0.25, 0.3) is 5.69 Å². The number of aromatic nitrogens is 4. The van der Waals surface area contributed by atoms with Crippen LogP contribution >= 0.6 is 11.8 Å². The number of carbonyl (C=O) groups excluding carboxylic acids is 1. The number of ketones is 1. The zero-order valence-electron chi connectivity index (χ0n) is 17.1. The highest BCUT2D eigenvalue weighted by Crippen LogP contribution is 2.40. The van der Waals surface area contributed by atoms with Crippen molar-refractivity contribution >= 4 is 17.5 Å². The first-order valence-electron chi connectivity index (χ1n) is 9.92. The van der Waals surface area contributed by atoms with E-state index in [0.29, 0.717) is 23.4 Å². The second-order valence-corrected chi connectivity index (χ2v) is 8.36. The van der Waals surface area contributed by atoms with Gasteiger partial charge in [0.25, 0.3) is 0 Å².